The van der Waals surface area contributed by atoms with Crippen LogP contribution in [0.2, 0.25) is 0 Å². The Bertz CT molecular complexity index is 418. The number of hydrogen-bond donors (Lipinski definition) is 1. The molecule has 7 heteroatoms. The quantitative estimate of drug-likeness (QED) is 0.833. The maximum absolute atomic E-state index is 12.3. The van der Waals surface area contributed by atoms with E-state index in [9.17, 15) is 18.0 Å². The van der Waals surface area contributed by atoms with Crippen LogP contribution >= 0.6 is 0 Å². The fourth-order valence-corrected chi connectivity index (χ4v) is 1.32. The molecule has 0 aliphatic rings. The number of ether oxygens (including phenoxy) is 1. The topological polar surface area (TPSA) is 41.6 Å². The molecule has 0 aliphatic heterocycles. The minimum absolute atomic E-state index is 0.219. The minimum Gasteiger partial charge on any atom is -0.484 e. The van der Waals surface area contributed by atoms with Gasteiger partial charge in [-0.1, -0.05) is 0 Å². The van der Waals surface area contributed by atoms with Crippen molar-refractivity contribution in [1.29, 1.82) is 0 Å². The Morgan fingerprint density at radius 3 is 2.37 bits per heavy atom. The second kappa shape index (κ2) is 6.42. The van der Waals surface area contributed by atoms with Gasteiger partial charge in [-0.3, -0.25) is 4.79 Å². The Morgan fingerprint density at radius 2 is 1.89 bits per heavy atom. The fourth-order valence-electron chi connectivity index (χ4n) is 1.32. The zero-order valence-corrected chi connectivity index (χ0v) is 10.6. The molecule has 0 fully saturated rings. The van der Waals surface area contributed by atoms with E-state index in [1.807, 2.05) is 0 Å². The molecule has 1 N–H and O–H groups in total. The van der Waals surface area contributed by atoms with Crippen LogP contribution < -0.4 is 10.1 Å². The van der Waals surface area contributed by atoms with E-state index in [4.69, 9.17) is 4.74 Å². The van der Waals surface area contributed by atoms with Gasteiger partial charge in [-0.2, -0.15) is 13.2 Å². The molecule has 0 bridgehead atoms. The summed E-state index contributed by atoms with van der Waals surface area (Å²) in [5.41, 5.74) is -0.751. The van der Waals surface area contributed by atoms with Crippen molar-refractivity contribution in [2.75, 3.05) is 27.4 Å². The minimum atomic E-state index is -4.37. The lowest BCUT2D eigenvalue weighted by Crippen LogP contribution is -2.37. The van der Waals surface area contributed by atoms with Gasteiger partial charge in [0.1, 0.15) is 5.75 Å². The standard InChI is InChI=1S/C12H15F3N2O2/c1-16-8-17(2)11(18)7-19-10-5-3-9(4-6-10)12(13,14)15/h3-6,16H,7-8H2,1-2H3. The summed E-state index contributed by atoms with van der Waals surface area (Å²) in [6.07, 6.45) is -4.37. The predicted octanol–water partition coefficient (Wildman–Crippen LogP) is 1.72. The molecule has 4 nitrogen and oxygen atoms in total. The van der Waals surface area contributed by atoms with E-state index in [0.29, 0.717) is 6.67 Å². The van der Waals surface area contributed by atoms with Crippen molar-refractivity contribution in [2.45, 2.75) is 6.18 Å². The first-order valence-electron chi connectivity index (χ1n) is 5.53. The van der Waals surface area contributed by atoms with Crippen LogP contribution in [0.1, 0.15) is 5.56 Å². The molecule has 0 heterocycles. The van der Waals surface area contributed by atoms with E-state index < -0.39 is 11.7 Å². The Hall–Kier alpha value is -1.76. The van der Waals surface area contributed by atoms with Crippen molar-refractivity contribution in [2.24, 2.45) is 0 Å². The van der Waals surface area contributed by atoms with E-state index in [2.05, 4.69) is 5.32 Å². The summed E-state index contributed by atoms with van der Waals surface area (Å²) in [6.45, 7) is 0.152. The van der Waals surface area contributed by atoms with Gasteiger partial charge < -0.3 is 15.0 Å². The Balaban J connectivity index is 2.53. The highest BCUT2D eigenvalue weighted by molar-refractivity contribution is 5.77. The summed E-state index contributed by atoms with van der Waals surface area (Å²) in [5.74, 6) is -0.0477. The third-order valence-corrected chi connectivity index (χ3v) is 2.36. The summed E-state index contributed by atoms with van der Waals surface area (Å²) in [7, 11) is 3.29. The molecule has 0 radical (unpaired) electrons. The van der Waals surface area contributed by atoms with E-state index in [1.165, 1.54) is 17.0 Å². The number of alkyl halides is 3. The van der Waals surface area contributed by atoms with Gasteiger partial charge in [-0.05, 0) is 31.3 Å². The van der Waals surface area contributed by atoms with Crippen molar-refractivity contribution in [3.63, 3.8) is 0 Å². The predicted molar refractivity (Wildman–Crippen MR) is 63.6 cm³/mol. The molecular weight excluding hydrogens is 261 g/mol. The van der Waals surface area contributed by atoms with Crippen molar-refractivity contribution in [3.8, 4) is 5.75 Å². The number of likely N-dealkylation sites (N-methyl/N-ethyl adjacent to an activating group) is 1. The number of benzene rings is 1. The Kier molecular flexibility index (Phi) is 5.17. The lowest BCUT2D eigenvalue weighted by molar-refractivity contribution is -0.137. The van der Waals surface area contributed by atoms with E-state index in [-0.39, 0.29) is 18.3 Å². The van der Waals surface area contributed by atoms with Crippen LogP contribution in [-0.2, 0) is 11.0 Å². The summed E-state index contributed by atoms with van der Waals surface area (Å²) in [4.78, 5) is 12.9. The molecule has 1 rings (SSSR count). The molecule has 1 aromatic carbocycles. The van der Waals surface area contributed by atoms with Gasteiger partial charge in [-0.15, -0.1) is 0 Å². The van der Waals surface area contributed by atoms with Crippen LogP contribution in [0.3, 0.4) is 0 Å². The second-order valence-electron chi connectivity index (χ2n) is 3.91. The van der Waals surface area contributed by atoms with Crippen LogP contribution in [0.4, 0.5) is 13.2 Å². The number of rotatable bonds is 5. The highest BCUT2D eigenvalue weighted by Gasteiger charge is 2.30. The molecule has 0 spiro atoms. The third-order valence-electron chi connectivity index (χ3n) is 2.36. The van der Waals surface area contributed by atoms with Gasteiger partial charge >= 0.3 is 6.18 Å². The second-order valence-corrected chi connectivity index (χ2v) is 3.91. The first-order chi connectivity index (χ1) is 8.84. The van der Waals surface area contributed by atoms with E-state index in [0.717, 1.165) is 12.1 Å². The maximum atomic E-state index is 12.3. The van der Waals surface area contributed by atoms with Crippen molar-refractivity contribution in [1.82, 2.24) is 10.2 Å². The zero-order chi connectivity index (χ0) is 14.5. The molecular formula is C12H15F3N2O2. The van der Waals surface area contributed by atoms with Gasteiger partial charge in [0.05, 0.1) is 12.2 Å². The van der Waals surface area contributed by atoms with Crippen molar-refractivity contribution >= 4 is 5.91 Å². The largest absolute Gasteiger partial charge is 0.484 e. The molecule has 0 aromatic heterocycles. The SMILES string of the molecule is CNCN(C)C(=O)COc1ccc(C(F)(F)F)cc1. The molecule has 0 saturated carbocycles. The first kappa shape index (κ1) is 15.3. The Morgan fingerprint density at radius 1 is 1.32 bits per heavy atom. The van der Waals surface area contributed by atoms with Crippen molar-refractivity contribution in [3.05, 3.63) is 29.8 Å². The zero-order valence-electron chi connectivity index (χ0n) is 10.6. The van der Waals surface area contributed by atoms with Crippen LogP contribution in [0.5, 0.6) is 5.75 Å². The lowest BCUT2D eigenvalue weighted by atomic mass is 10.2. The van der Waals surface area contributed by atoms with Gasteiger partial charge in [0.25, 0.3) is 5.91 Å². The monoisotopic (exact) mass is 276 g/mol. The average Bonchev–Trinajstić information content (AvgIpc) is 2.35. The summed E-state index contributed by atoms with van der Waals surface area (Å²) < 4.78 is 42.1. The van der Waals surface area contributed by atoms with Crippen LogP contribution in [0.25, 0.3) is 0 Å². The van der Waals surface area contributed by atoms with Gasteiger partial charge in [0.2, 0.25) is 0 Å². The van der Waals surface area contributed by atoms with Crippen LogP contribution in [-0.4, -0.2) is 38.2 Å². The molecule has 1 amide bonds. The summed E-state index contributed by atoms with van der Waals surface area (Å²) in [5, 5.41) is 2.80. The third kappa shape index (κ3) is 4.78. The highest BCUT2D eigenvalue weighted by Crippen LogP contribution is 2.30. The number of amides is 1. The Labute approximate surface area is 109 Å². The normalized spacial score (nSPS) is 11.2. The van der Waals surface area contributed by atoms with Crippen molar-refractivity contribution < 1.29 is 22.7 Å². The van der Waals surface area contributed by atoms with Crippen LogP contribution in [0, 0.1) is 0 Å². The number of nitrogens with one attached hydrogen (secondary N) is 1. The fraction of sp³-hybridized carbons (Fsp3) is 0.417. The highest BCUT2D eigenvalue weighted by atomic mass is 19.4. The first-order valence-corrected chi connectivity index (χ1v) is 5.53. The van der Waals surface area contributed by atoms with E-state index in [1.54, 1.807) is 14.1 Å². The number of hydrogen-bond acceptors (Lipinski definition) is 3. The summed E-state index contributed by atoms with van der Waals surface area (Å²) >= 11 is 0. The van der Waals surface area contributed by atoms with Gasteiger partial charge in [0.15, 0.2) is 6.61 Å². The number of nitrogens with zero attached hydrogens (tertiary/aromatic N) is 1. The molecule has 106 valence electrons. The lowest BCUT2D eigenvalue weighted by Gasteiger charge is -2.16. The molecule has 1 aromatic rings. The molecule has 19 heavy (non-hydrogen) atoms. The molecule has 0 unspecified atom stereocenters. The average molecular weight is 276 g/mol. The number of carbonyl (C=O) groups excluding carboxylic acids is 1. The molecule has 0 atom stereocenters. The number of halogens is 3. The van der Waals surface area contributed by atoms with Crippen LogP contribution in [0.15, 0.2) is 24.3 Å². The van der Waals surface area contributed by atoms with Gasteiger partial charge in [0, 0.05) is 7.05 Å². The summed E-state index contributed by atoms with van der Waals surface area (Å²) in [6, 6.07) is 4.20. The van der Waals surface area contributed by atoms with Gasteiger partial charge in [-0.25, -0.2) is 0 Å². The van der Waals surface area contributed by atoms with E-state index >= 15 is 0 Å². The molecule has 0 aliphatic carbocycles. The maximum Gasteiger partial charge on any atom is 0.416 e. The number of carbonyl (C=O) groups is 1. The smallest absolute Gasteiger partial charge is 0.416 e. The molecule has 0 saturated heterocycles.